The van der Waals surface area contributed by atoms with E-state index >= 15 is 0 Å². The Morgan fingerprint density at radius 3 is 1.32 bits per heavy atom. The van der Waals surface area contributed by atoms with Gasteiger partial charge < -0.3 is 10.2 Å². The van der Waals surface area contributed by atoms with E-state index in [1.165, 1.54) is 89.9 Å². The van der Waals surface area contributed by atoms with Crippen molar-refractivity contribution in [2.24, 2.45) is 5.92 Å². The second-order valence-corrected chi connectivity index (χ2v) is 7.94. The Bertz CT molecular complexity index is 261. The van der Waals surface area contributed by atoms with Crippen LogP contribution in [0.5, 0.6) is 0 Å². The fourth-order valence-corrected chi connectivity index (χ4v) is 3.67. The monoisotopic (exact) mass is 357 g/mol. The van der Waals surface area contributed by atoms with Gasteiger partial charge in [0.05, 0.1) is 0 Å². The van der Waals surface area contributed by atoms with Gasteiger partial charge in [-0.1, -0.05) is 90.9 Å². The van der Waals surface area contributed by atoms with Gasteiger partial charge in [-0.05, 0) is 32.6 Å². The first-order chi connectivity index (χ1) is 12.0. The van der Waals surface area contributed by atoms with E-state index in [1.807, 2.05) is 4.90 Å². The Morgan fingerprint density at radius 2 is 0.960 bits per heavy atom. The highest BCUT2D eigenvalue weighted by Crippen LogP contribution is 2.21. The Labute approximate surface area is 158 Å². The van der Waals surface area contributed by atoms with Crippen LogP contribution in [-0.2, 0) is 0 Å². The Morgan fingerprint density at radius 1 is 0.600 bits per heavy atom. The van der Waals surface area contributed by atoms with Gasteiger partial charge in [-0.25, -0.2) is 0 Å². The molecule has 0 spiro atoms. The molecule has 0 radical (unpaired) electrons. The van der Waals surface area contributed by atoms with Gasteiger partial charge in [0.1, 0.15) is 12.5 Å². The maximum atomic E-state index is 9.93. The van der Waals surface area contributed by atoms with Crippen LogP contribution in [0.2, 0.25) is 0 Å². The lowest BCUT2D eigenvalue weighted by Gasteiger charge is -2.32. The van der Waals surface area contributed by atoms with E-state index in [1.54, 1.807) is 13.8 Å². The van der Waals surface area contributed by atoms with Crippen molar-refractivity contribution in [2.75, 3.05) is 6.54 Å². The molecule has 25 heavy (non-hydrogen) atoms. The average molecular weight is 358 g/mol. The predicted molar refractivity (Wildman–Crippen MR) is 110 cm³/mol. The van der Waals surface area contributed by atoms with Gasteiger partial charge in [-0.15, -0.1) is 0 Å². The standard InChI is InChI=1S/C22H47NO2/c1-5-7-9-11-12-14-16-18-22(17-15-13-10-8-6-2)19-23(20(3)24)21(4)25/h20-22,24-25H,5-19H2,1-4H3. The van der Waals surface area contributed by atoms with Crippen LogP contribution in [0.1, 0.15) is 118 Å². The summed E-state index contributed by atoms with van der Waals surface area (Å²) >= 11 is 0. The molecular weight excluding hydrogens is 310 g/mol. The first-order valence-corrected chi connectivity index (χ1v) is 11.1. The second-order valence-electron chi connectivity index (χ2n) is 7.94. The topological polar surface area (TPSA) is 43.7 Å². The summed E-state index contributed by atoms with van der Waals surface area (Å²) in [4.78, 5) is 1.83. The molecule has 0 heterocycles. The summed E-state index contributed by atoms with van der Waals surface area (Å²) in [6.45, 7) is 8.87. The third-order valence-electron chi connectivity index (χ3n) is 5.36. The highest BCUT2D eigenvalue weighted by Gasteiger charge is 2.20. The molecule has 3 heteroatoms. The summed E-state index contributed by atoms with van der Waals surface area (Å²) in [6, 6.07) is 0. The highest BCUT2D eigenvalue weighted by molar-refractivity contribution is 4.69. The SMILES string of the molecule is CCCCCCCCCC(CCCCCCC)CN(C(C)O)C(C)O. The number of nitrogens with zero attached hydrogens (tertiary/aromatic N) is 1. The lowest BCUT2D eigenvalue weighted by Crippen LogP contribution is -2.43. The van der Waals surface area contributed by atoms with Gasteiger partial charge in [0, 0.05) is 6.54 Å². The van der Waals surface area contributed by atoms with Gasteiger partial charge in [0.15, 0.2) is 0 Å². The van der Waals surface area contributed by atoms with Crippen molar-refractivity contribution in [1.82, 2.24) is 4.90 Å². The maximum absolute atomic E-state index is 9.93. The summed E-state index contributed by atoms with van der Waals surface area (Å²) in [5, 5.41) is 19.9. The minimum atomic E-state index is -0.573. The van der Waals surface area contributed by atoms with Crippen molar-refractivity contribution in [3.63, 3.8) is 0 Å². The van der Waals surface area contributed by atoms with Gasteiger partial charge in [0.2, 0.25) is 0 Å². The van der Waals surface area contributed by atoms with Crippen LogP contribution in [-0.4, -0.2) is 34.1 Å². The van der Waals surface area contributed by atoms with Crippen LogP contribution in [0.15, 0.2) is 0 Å². The minimum Gasteiger partial charge on any atom is -0.379 e. The maximum Gasteiger partial charge on any atom is 0.106 e. The van der Waals surface area contributed by atoms with E-state index in [4.69, 9.17) is 0 Å². The van der Waals surface area contributed by atoms with Crippen molar-refractivity contribution >= 4 is 0 Å². The molecule has 0 aromatic carbocycles. The summed E-state index contributed by atoms with van der Waals surface area (Å²) in [7, 11) is 0. The normalized spacial score (nSPS) is 15.5. The van der Waals surface area contributed by atoms with Crippen molar-refractivity contribution in [3.8, 4) is 0 Å². The Kier molecular flexibility index (Phi) is 17.2. The van der Waals surface area contributed by atoms with E-state index in [-0.39, 0.29) is 0 Å². The third kappa shape index (κ3) is 14.7. The molecule has 0 aliphatic rings. The van der Waals surface area contributed by atoms with Crippen LogP contribution >= 0.6 is 0 Å². The lowest BCUT2D eigenvalue weighted by atomic mass is 9.93. The molecule has 3 atom stereocenters. The summed E-state index contributed by atoms with van der Waals surface area (Å²) in [5.41, 5.74) is 0. The largest absolute Gasteiger partial charge is 0.379 e. The molecule has 0 aliphatic heterocycles. The average Bonchev–Trinajstić information content (AvgIpc) is 2.57. The molecule has 152 valence electrons. The summed E-state index contributed by atoms with van der Waals surface area (Å²) < 4.78 is 0. The molecule has 0 amide bonds. The fourth-order valence-electron chi connectivity index (χ4n) is 3.67. The van der Waals surface area contributed by atoms with Crippen LogP contribution in [0.4, 0.5) is 0 Å². The molecule has 0 fully saturated rings. The molecule has 0 saturated carbocycles. The van der Waals surface area contributed by atoms with Crippen molar-refractivity contribution in [3.05, 3.63) is 0 Å². The zero-order valence-electron chi connectivity index (χ0n) is 17.7. The molecular formula is C22H47NO2. The molecule has 0 bridgehead atoms. The van der Waals surface area contributed by atoms with E-state index < -0.39 is 12.5 Å². The Balaban J connectivity index is 4.18. The minimum absolute atomic E-state index is 0.573. The molecule has 0 aliphatic carbocycles. The summed E-state index contributed by atoms with van der Waals surface area (Å²) in [5.74, 6) is 0.599. The number of hydrogen-bond donors (Lipinski definition) is 2. The second kappa shape index (κ2) is 17.3. The molecule has 0 rings (SSSR count). The van der Waals surface area contributed by atoms with Crippen LogP contribution < -0.4 is 0 Å². The number of rotatable bonds is 18. The van der Waals surface area contributed by atoms with E-state index in [2.05, 4.69) is 13.8 Å². The first-order valence-electron chi connectivity index (χ1n) is 11.1. The quantitative estimate of drug-likeness (QED) is 0.231. The fraction of sp³-hybridized carbons (Fsp3) is 1.00. The number of aliphatic hydroxyl groups excluding tert-OH is 2. The Hall–Kier alpha value is -0.120. The van der Waals surface area contributed by atoms with Gasteiger partial charge in [0.25, 0.3) is 0 Å². The molecule has 0 saturated heterocycles. The van der Waals surface area contributed by atoms with Crippen LogP contribution in [0.25, 0.3) is 0 Å². The van der Waals surface area contributed by atoms with Crippen molar-refractivity contribution in [1.29, 1.82) is 0 Å². The molecule has 0 aromatic heterocycles. The predicted octanol–water partition coefficient (Wildman–Crippen LogP) is 6.08. The van der Waals surface area contributed by atoms with E-state index in [0.29, 0.717) is 5.92 Å². The van der Waals surface area contributed by atoms with E-state index in [0.717, 1.165) is 6.54 Å². The zero-order valence-corrected chi connectivity index (χ0v) is 17.7. The van der Waals surface area contributed by atoms with Gasteiger partial charge >= 0.3 is 0 Å². The zero-order chi connectivity index (χ0) is 18.9. The molecule has 2 N–H and O–H groups in total. The molecule has 0 aromatic rings. The van der Waals surface area contributed by atoms with Gasteiger partial charge in [-0.3, -0.25) is 4.90 Å². The van der Waals surface area contributed by atoms with Crippen LogP contribution in [0.3, 0.4) is 0 Å². The third-order valence-corrected chi connectivity index (χ3v) is 5.36. The van der Waals surface area contributed by atoms with Crippen LogP contribution in [0, 0.1) is 5.92 Å². The lowest BCUT2D eigenvalue weighted by molar-refractivity contribution is -0.0924. The smallest absolute Gasteiger partial charge is 0.106 e. The first kappa shape index (κ1) is 24.9. The summed E-state index contributed by atoms with van der Waals surface area (Å²) in [6.07, 6.45) is 17.3. The molecule has 3 nitrogen and oxygen atoms in total. The number of hydrogen-bond acceptors (Lipinski definition) is 3. The van der Waals surface area contributed by atoms with Gasteiger partial charge in [-0.2, -0.15) is 0 Å². The number of unbranched alkanes of at least 4 members (excludes halogenated alkanes) is 10. The highest BCUT2D eigenvalue weighted by atomic mass is 16.3. The van der Waals surface area contributed by atoms with Crippen molar-refractivity contribution in [2.45, 2.75) is 130 Å². The van der Waals surface area contributed by atoms with Crippen molar-refractivity contribution < 1.29 is 10.2 Å². The number of aliphatic hydroxyl groups is 2. The van der Waals surface area contributed by atoms with E-state index in [9.17, 15) is 10.2 Å². The molecule has 3 unspecified atom stereocenters.